The summed E-state index contributed by atoms with van der Waals surface area (Å²) in [6, 6.07) is 11.1. The van der Waals surface area contributed by atoms with Crippen LogP contribution in [-0.4, -0.2) is 26.6 Å². The molecule has 2 aromatic rings. The zero-order valence-electron chi connectivity index (χ0n) is 14.0. The monoisotopic (exact) mass is 444 g/mol. The average Bonchev–Trinajstić information content (AvgIpc) is 2.49. The van der Waals surface area contributed by atoms with Gasteiger partial charge in [0.1, 0.15) is 6.04 Å². The van der Waals surface area contributed by atoms with Crippen LogP contribution in [0.5, 0.6) is 0 Å². The molecule has 134 valence electrons. The van der Waals surface area contributed by atoms with Gasteiger partial charge in [-0.15, -0.1) is 0 Å². The summed E-state index contributed by atoms with van der Waals surface area (Å²) < 4.78 is 26.6. The lowest BCUT2D eigenvalue weighted by atomic mass is 10.1. The third kappa shape index (κ3) is 4.96. The van der Waals surface area contributed by atoms with Crippen LogP contribution in [0.1, 0.15) is 12.5 Å². The van der Waals surface area contributed by atoms with E-state index >= 15 is 0 Å². The molecule has 25 heavy (non-hydrogen) atoms. The Bertz CT molecular complexity index is 903. The molecule has 0 aliphatic carbocycles. The summed E-state index contributed by atoms with van der Waals surface area (Å²) >= 11 is 9.35. The summed E-state index contributed by atoms with van der Waals surface area (Å²) in [4.78, 5) is 12.6. The van der Waals surface area contributed by atoms with Crippen LogP contribution in [-0.2, 0) is 14.8 Å². The molecule has 0 heterocycles. The maximum Gasteiger partial charge on any atom is 0.247 e. The van der Waals surface area contributed by atoms with E-state index < -0.39 is 22.0 Å². The number of sulfonamides is 1. The van der Waals surface area contributed by atoms with Gasteiger partial charge in [-0.3, -0.25) is 9.10 Å². The number of aryl methyl sites for hydroxylation is 1. The van der Waals surface area contributed by atoms with E-state index in [0.717, 1.165) is 15.0 Å². The zero-order chi connectivity index (χ0) is 18.8. The van der Waals surface area contributed by atoms with Crippen LogP contribution in [0.2, 0.25) is 5.02 Å². The van der Waals surface area contributed by atoms with Crippen molar-refractivity contribution in [1.82, 2.24) is 0 Å². The second-order valence-corrected chi connectivity index (χ2v) is 8.88. The Morgan fingerprint density at radius 1 is 1.24 bits per heavy atom. The van der Waals surface area contributed by atoms with Crippen molar-refractivity contribution in [3.05, 3.63) is 57.5 Å². The topological polar surface area (TPSA) is 66.5 Å². The number of amides is 1. The first-order valence-electron chi connectivity index (χ1n) is 7.41. The molecule has 0 aliphatic heterocycles. The molecule has 5 nitrogen and oxygen atoms in total. The Morgan fingerprint density at radius 3 is 2.52 bits per heavy atom. The highest BCUT2D eigenvalue weighted by Gasteiger charge is 2.30. The zero-order valence-corrected chi connectivity index (χ0v) is 17.1. The fourth-order valence-electron chi connectivity index (χ4n) is 2.41. The molecule has 0 radical (unpaired) electrons. The van der Waals surface area contributed by atoms with E-state index in [2.05, 4.69) is 21.2 Å². The first kappa shape index (κ1) is 19.8. The normalized spacial score (nSPS) is 12.5. The molecule has 0 unspecified atom stereocenters. The lowest BCUT2D eigenvalue weighted by Gasteiger charge is -2.29. The highest BCUT2D eigenvalue weighted by Crippen LogP contribution is 2.28. The average molecular weight is 446 g/mol. The third-order valence-electron chi connectivity index (χ3n) is 3.59. The van der Waals surface area contributed by atoms with Gasteiger partial charge in [-0.25, -0.2) is 8.42 Å². The molecule has 2 aromatic carbocycles. The van der Waals surface area contributed by atoms with Gasteiger partial charge in [-0.1, -0.05) is 39.7 Å². The van der Waals surface area contributed by atoms with E-state index in [1.165, 1.54) is 6.92 Å². The van der Waals surface area contributed by atoms with Crippen molar-refractivity contribution in [2.45, 2.75) is 19.9 Å². The molecule has 0 spiro atoms. The van der Waals surface area contributed by atoms with Crippen LogP contribution in [0.4, 0.5) is 11.4 Å². The minimum atomic E-state index is -3.70. The standard InChI is InChI=1S/C17H18BrClN2O3S/c1-11-7-8-14(19)10-16(11)21(25(3,23)24)12(2)17(22)20-15-6-4-5-13(18)9-15/h4-10,12H,1-3H3,(H,20,22)/t12-/m0/s1. The van der Waals surface area contributed by atoms with Gasteiger partial charge in [0.2, 0.25) is 15.9 Å². The van der Waals surface area contributed by atoms with Crippen LogP contribution >= 0.6 is 27.5 Å². The largest absolute Gasteiger partial charge is 0.324 e. The Hall–Kier alpha value is -1.57. The summed E-state index contributed by atoms with van der Waals surface area (Å²) in [5.74, 6) is -0.442. The number of hydrogen-bond acceptors (Lipinski definition) is 3. The van der Waals surface area contributed by atoms with E-state index in [9.17, 15) is 13.2 Å². The molecule has 1 atom stereocenters. The number of halogens is 2. The molecule has 2 rings (SSSR count). The second-order valence-electron chi connectivity index (χ2n) is 5.67. The second kappa shape index (κ2) is 7.76. The maximum atomic E-state index is 12.6. The van der Waals surface area contributed by atoms with Gasteiger partial charge in [-0.05, 0) is 49.7 Å². The van der Waals surface area contributed by atoms with Crippen molar-refractivity contribution in [2.75, 3.05) is 15.9 Å². The molecular formula is C17H18BrClN2O3S. The number of benzene rings is 2. The van der Waals surface area contributed by atoms with Gasteiger partial charge in [0.05, 0.1) is 11.9 Å². The van der Waals surface area contributed by atoms with Gasteiger partial charge in [0.15, 0.2) is 0 Å². The van der Waals surface area contributed by atoms with E-state index in [-0.39, 0.29) is 0 Å². The van der Waals surface area contributed by atoms with Crippen molar-refractivity contribution in [3.63, 3.8) is 0 Å². The van der Waals surface area contributed by atoms with Crippen LogP contribution in [0, 0.1) is 6.92 Å². The van der Waals surface area contributed by atoms with Crippen LogP contribution in [0.15, 0.2) is 46.9 Å². The summed E-state index contributed by atoms with van der Waals surface area (Å²) in [7, 11) is -3.70. The van der Waals surface area contributed by atoms with Gasteiger partial charge in [-0.2, -0.15) is 0 Å². The van der Waals surface area contributed by atoms with Gasteiger partial charge >= 0.3 is 0 Å². The highest BCUT2D eigenvalue weighted by atomic mass is 79.9. The first-order chi connectivity index (χ1) is 11.6. The van der Waals surface area contributed by atoms with Crippen molar-refractivity contribution in [3.8, 4) is 0 Å². The molecule has 0 aromatic heterocycles. The van der Waals surface area contributed by atoms with Crippen LogP contribution in [0.25, 0.3) is 0 Å². The Balaban J connectivity index is 2.38. The smallest absolute Gasteiger partial charge is 0.247 e. The molecule has 8 heteroatoms. The highest BCUT2D eigenvalue weighted by molar-refractivity contribution is 9.10. The van der Waals surface area contributed by atoms with Crippen molar-refractivity contribution >= 4 is 54.8 Å². The molecule has 1 amide bonds. The molecule has 1 N–H and O–H groups in total. The minimum Gasteiger partial charge on any atom is -0.324 e. The Kier molecular flexibility index (Phi) is 6.13. The molecule has 0 saturated carbocycles. The summed E-state index contributed by atoms with van der Waals surface area (Å²) in [6.07, 6.45) is 1.07. The number of nitrogens with zero attached hydrogens (tertiary/aromatic N) is 1. The van der Waals surface area contributed by atoms with E-state index in [1.807, 2.05) is 6.07 Å². The van der Waals surface area contributed by atoms with Gasteiger partial charge in [0.25, 0.3) is 0 Å². The van der Waals surface area contributed by atoms with Gasteiger partial charge < -0.3 is 5.32 Å². The molecule has 0 bridgehead atoms. The predicted octanol–water partition coefficient (Wildman–Crippen LogP) is 4.20. The van der Waals surface area contributed by atoms with Crippen molar-refractivity contribution < 1.29 is 13.2 Å². The Labute approximate surface area is 161 Å². The maximum absolute atomic E-state index is 12.6. The lowest BCUT2D eigenvalue weighted by Crippen LogP contribution is -2.45. The third-order valence-corrected chi connectivity index (χ3v) is 5.55. The minimum absolute atomic E-state index is 0.381. The summed E-state index contributed by atoms with van der Waals surface area (Å²) in [6.45, 7) is 3.30. The number of anilines is 2. The van der Waals surface area contributed by atoms with Crippen LogP contribution < -0.4 is 9.62 Å². The number of hydrogen-bond donors (Lipinski definition) is 1. The quantitative estimate of drug-likeness (QED) is 0.750. The SMILES string of the molecule is Cc1ccc(Cl)cc1N([C@@H](C)C(=O)Nc1cccc(Br)c1)S(C)(=O)=O. The number of carbonyl (C=O) groups excluding carboxylic acids is 1. The number of rotatable bonds is 5. The molecular weight excluding hydrogens is 428 g/mol. The van der Waals surface area contributed by atoms with E-state index in [4.69, 9.17) is 11.6 Å². The fourth-order valence-corrected chi connectivity index (χ4v) is 4.20. The first-order valence-corrected chi connectivity index (χ1v) is 10.4. The summed E-state index contributed by atoms with van der Waals surface area (Å²) in [5, 5.41) is 3.13. The lowest BCUT2D eigenvalue weighted by molar-refractivity contribution is -0.116. The van der Waals surface area contributed by atoms with Crippen molar-refractivity contribution in [2.24, 2.45) is 0 Å². The number of nitrogens with one attached hydrogen (secondary N) is 1. The van der Waals surface area contributed by atoms with Crippen LogP contribution in [0.3, 0.4) is 0 Å². The van der Waals surface area contributed by atoms with Crippen molar-refractivity contribution in [1.29, 1.82) is 0 Å². The Morgan fingerprint density at radius 2 is 1.92 bits per heavy atom. The van der Waals surface area contributed by atoms with E-state index in [0.29, 0.717) is 22.0 Å². The molecule has 0 fully saturated rings. The van der Waals surface area contributed by atoms with E-state index in [1.54, 1.807) is 43.3 Å². The molecule has 0 aliphatic rings. The van der Waals surface area contributed by atoms with Gasteiger partial charge in [0, 0.05) is 15.2 Å². The number of carbonyl (C=O) groups is 1. The predicted molar refractivity (Wildman–Crippen MR) is 106 cm³/mol. The molecule has 0 saturated heterocycles. The fraction of sp³-hybridized carbons (Fsp3) is 0.235. The summed E-state index contributed by atoms with van der Waals surface area (Å²) in [5.41, 5.74) is 1.66.